The first kappa shape index (κ1) is 26.6. The van der Waals surface area contributed by atoms with E-state index in [-0.39, 0.29) is 23.0 Å². The minimum Gasteiger partial charge on any atom is -0.492 e. The van der Waals surface area contributed by atoms with Crippen molar-refractivity contribution in [1.29, 1.82) is 0 Å². The zero-order valence-corrected chi connectivity index (χ0v) is 21.8. The van der Waals surface area contributed by atoms with Gasteiger partial charge in [0, 0.05) is 17.7 Å². The van der Waals surface area contributed by atoms with Crippen LogP contribution in [0.15, 0.2) is 109 Å². The molecule has 0 saturated heterocycles. The van der Waals surface area contributed by atoms with Crippen molar-refractivity contribution < 1.29 is 14.3 Å². The third-order valence-corrected chi connectivity index (χ3v) is 6.11. The standard InChI is InChI=1S/C31H29N3O3S/c1-22(24-12-6-3-7-13-24)32-29(35)25-16-18-26(19-17-25)33-31(38)34-30(36)27-14-8-9-15-28(27)37-21-20-23-10-4-2-5-11-23/h2-19,22H,20-21H2,1H3,(H,32,35)(H2,33,34,36,38). The number of hydrogen-bond donors (Lipinski definition) is 3. The van der Waals surface area contributed by atoms with Crippen LogP contribution in [-0.4, -0.2) is 23.5 Å². The van der Waals surface area contributed by atoms with Gasteiger partial charge in [0.2, 0.25) is 0 Å². The lowest BCUT2D eigenvalue weighted by Crippen LogP contribution is -2.34. The van der Waals surface area contributed by atoms with Crippen LogP contribution >= 0.6 is 12.2 Å². The van der Waals surface area contributed by atoms with Crippen LogP contribution in [-0.2, 0) is 6.42 Å². The van der Waals surface area contributed by atoms with Crippen LogP contribution < -0.4 is 20.7 Å². The Morgan fingerprint density at radius 1 is 0.789 bits per heavy atom. The van der Waals surface area contributed by atoms with E-state index in [2.05, 4.69) is 16.0 Å². The highest BCUT2D eigenvalue weighted by Gasteiger charge is 2.15. The molecule has 0 aromatic heterocycles. The molecule has 0 saturated carbocycles. The first-order valence-corrected chi connectivity index (χ1v) is 12.7. The average Bonchev–Trinajstić information content (AvgIpc) is 2.94. The van der Waals surface area contributed by atoms with Gasteiger partial charge in [0.1, 0.15) is 5.75 Å². The third kappa shape index (κ3) is 7.51. The van der Waals surface area contributed by atoms with Crippen LogP contribution in [0, 0.1) is 0 Å². The lowest BCUT2D eigenvalue weighted by atomic mass is 10.1. The Hall–Kier alpha value is -4.49. The molecule has 38 heavy (non-hydrogen) atoms. The van der Waals surface area contributed by atoms with Crippen molar-refractivity contribution in [2.45, 2.75) is 19.4 Å². The molecule has 0 heterocycles. The molecule has 1 atom stereocenters. The van der Waals surface area contributed by atoms with E-state index in [0.717, 1.165) is 17.5 Å². The summed E-state index contributed by atoms with van der Waals surface area (Å²) in [6, 6.07) is 33.6. The Morgan fingerprint density at radius 2 is 1.42 bits per heavy atom. The minimum absolute atomic E-state index is 0.116. The maximum Gasteiger partial charge on any atom is 0.261 e. The van der Waals surface area contributed by atoms with E-state index in [1.54, 1.807) is 42.5 Å². The lowest BCUT2D eigenvalue weighted by molar-refractivity contribution is 0.0938. The Balaban J connectivity index is 1.29. The molecule has 0 radical (unpaired) electrons. The predicted molar refractivity (Wildman–Crippen MR) is 155 cm³/mol. The molecule has 0 spiro atoms. The van der Waals surface area contributed by atoms with Gasteiger partial charge in [0.05, 0.1) is 18.2 Å². The maximum atomic E-state index is 12.9. The molecule has 4 aromatic rings. The molecule has 3 N–H and O–H groups in total. The highest BCUT2D eigenvalue weighted by atomic mass is 32.1. The van der Waals surface area contributed by atoms with Crippen LogP contribution in [0.5, 0.6) is 5.75 Å². The van der Waals surface area contributed by atoms with E-state index in [1.807, 2.05) is 73.7 Å². The van der Waals surface area contributed by atoms with Crippen LogP contribution in [0.25, 0.3) is 0 Å². The molecule has 2 amide bonds. The molecule has 192 valence electrons. The van der Waals surface area contributed by atoms with Gasteiger partial charge >= 0.3 is 0 Å². The topological polar surface area (TPSA) is 79.5 Å². The first-order chi connectivity index (χ1) is 18.5. The minimum atomic E-state index is -0.372. The van der Waals surface area contributed by atoms with E-state index in [0.29, 0.717) is 29.2 Å². The number of hydrogen-bond acceptors (Lipinski definition) is 4. The van der Waals surface area contributed by atoms with E-state index in [9.17, 15) is 9.59 Å². The normalized spacial score (nSPS) is 11.2. The molecular weight excluding hydrogens is 494 g/mol. The summed E-state index contributed by atoms with van der Waals surface area (Å²) >= 11 is 5.34. The average molecular weight is 524 g/mol. The number of carbonyl (C=O) groups is 2. The molecule has 0 fully saturated rings. The van der Waals surface area contributed by atoms with Gasteiger partial charge in [-0.1, -0.05) is 72.8 Å². The SMILES string of the molecule is CC(NC(=O)c1ccc(NC(=S)NC(=O)c2ccccc2OCCc2ccccc2)cc1)c1ccccc1. The van der Waals surface area contributed by atoms with Gasteiger partial charge in [-0.2, -0.15) is 0 Å². The highest BCUT2D eigenvalue weighted by molar-refractivity contribution is 7.80. The number of nitrogens with one attached hydrogen (secondary N) is 3. The maximum absolute atomic E-state index is 12.9. The fourth-order valence-electron chi connectivity index (χ4n) is 3.85. The molecule has 0 aliphatic rings. The summed E-state index contributed by atoms with van der Waals surface area (Å²) in [5, 5.41) is 8.82. The summed E-state index contributed by atoms with van der Waals surface area (Å²) in [5.74, 6) is -0.0554. The molecule has 7 heteroatoms. The number of thiocarbonyl (C=S) groups is 1. The lowest BCUT2D eigenvalue weighted by Gasteiger charge is -2.15. The van der Waals surface area contributed by atoms with Crippen molar-refractivity contribution in [1.82, 2.24) is 10.6 Å². The van der Waals surface area contributed by atoms with Crippen molar-refractivity contribution in [3.05, 3.63) is 131 Å². The monoisotopic (exact) mass is 523 g/mol. The number of amides is 2. The molecule has 0 aliphatic heterocycles. The van der Waals surface area contributed by atoms with Crippen LogP contribution in [0.4, 0.5) is 5.69 Å². The van der Waals surface area contributed by atoms with Crippen molar-refractivity contribution in [3.63, 3.8) is 0 Å². The van der Waals surface area contributed by atoms with Crippen LogP contribution in [0.1, 0.15) is 44.8 Å². The van der Waals surface area contributed by atoms with Crippen LogP contribution in [0.2, 0.25) is 0 Å². The summed E-state index contributed by atoms with van der Waals surface area (Å²) in [6.45, 7) is 2.39. The predicted octanol–water partition coefficient (Wildman–Crippen LogP) is 5.93. The molecular formula is C31H29N3O3S. The third-order valence-electron chi connectivity index (χ3n) is 5.90. The Labute approximate surface area is 228 Å². The summed E-state index contributed by atoms with van der Waals surface area (Å²) < 4.78 is 5.89. The van der Waals surface area contributed by atoms with Gasteiger partial charge in [-0.05, 0) is 66.7 Å². The molecule has 6 nitrogen and oxygen atoms in total. The van der Waals surface area contributed by atoms with Gasteiger partial charge < -0.3 is 15.4 Å². The summed E-state index contributed by atoms with van der Waals surface area (Å²) in [7, 11) is 0. The van der Waals surface area contributed by atoms with E-state index in [1.165, 1.54) is 0 Å². The van der Waals surface area contributed by atoms with Gasteiger partial charge in [-0.15, -0.1) is 0 Å². The quantitative estimate of drug-likeness (QED) is 0.237. The second-order valence-electron chi connectivity index (χ2n) is 8.67. The number of para-hydroxylation sites is 1. The summed E-state index contributed by atoms with van der Waals surface area (Å²) in [4.78, 5) is 25.5. The van der Waals surface area contributed by atoms with Crippen molar-refractivity contribution in [2.75, 3.05) is 11.9 Å². The number of benzene rings is 4. The fourth-order valence-corrected chi connectivity index (χ4v) is 4.06. The van der Waals surface area contributed by atoms with Gasteiger partial charge in [0.25, 0.3) is 11.8 Å². The second-order valence-corrected chi connectivity index (χ2v) is 9.08. The van der Waals surface area contributed by atoms with Crippen molar-refractivity contribution >= 4 is 34.8 Å². The molecule has 0 bridgehead atoms. The van der Waals surface area contributed by atoms with Gasteiger partial charge in [0.15, 0.2) is 5.11 Å². The van der Waals surface area contributed by atoms with Crippen LogP contribution in [0.3, 0.4) is 0 Å². The molecule has 1 unspecified atom stereocenters. The number of anilines is 1. The van der Waals surface area contributed by atoms with Gasteiger partial charge in [-0.3, -0.25) is 14.9 Å². The Bertz CT molecular complexity index is 1380. The molecule has 0 aliphatic carbocycles. The largest absolute Gasteiger partial charge is 0.492 e. The second kappa shape index (κ2) is 13.2. The summed E-state index contributed by atoms with van der Waals surface area (Å²) in [5.41, 5.74) is 3.76. The Morgan fingerprint density at radius 3 is 2.13 bits per heavy atom. The van der Waals surface area contributed by atoms with Crippen molar-refractivity contribution in [3.8, 4) is 5.75 Å². The summed E-state index contributed by atoms with van der Waals surface area (Å²) in [6.07, 6.45) is 0.732. The molecule has 4 aromatic carbocycles. The first-order valence-electron chi connectivity index (χ1n) is 12.3. The van der Waals surface area contributed by atoms with E-state index < -0.39 is 0 Å². The molecule has 4 rings (SSSR count). The van der Waals surface area contributed by atoms with Crippen molar-refractivity contribution in [2.24, 2.45) is 0 Å². The number of rotatable bonds is 9. The number of ether oxygens (including phenoxy) is 1. The fraction of sp³-hybridized carbons (Fsp3) is 0.129. The van der Waals surface area contributed by atoms with E-state index >= 15 is 0 Å². The highest BCUT2D eigenvalue weighted by Crippen LogP contribution is 2.19. The zero-order chi connectivity index (χ0) is 26.7. The number of carbonyl (C=O) groups excluding carboxylic acids is 2. The van der Waals surface area contributed by atoms with Gasteiger partial charge in [-0.25, -0.2) is 0 Å². The van der Waals surface area contributed by atoms with E-state index in [4.69, 9.17) is 17.0 Å². The Kier molecular flexibility index (Phi) is 9.21. The zero-order valence-electron chi connectivity index (χ0n) is 21.0. The smallest absolute Gasteiger partial charge is 0.261 e.